The molecule has 1 fully saturated rings. The zero-order chi connectivity index (χ0) is 11.8. The van der Waals surface area contributed by atoms with Gasteiger partial charge in [-0.25, -0.2) is 0 Å². The monoisotopic (exact) mass is 227 g/mol. The number of hydrogen-bond acceptors (Lipinski definition) is 3. The summed E-state index contributed by atoms with van der Waals surface area (Å²) in [5.74, 6) is 1.23. The topological polar surface area (TPSA) is 30.5 Å². The van der Waals surface area contributed by atoms with E-state index in [4.69, 9.17) is 9.47 Å². The van der Waals surface area contributed by atoms with Gasteiger partial charge in [-0.15, -0.1) is 0 Å². The standard InChI is InChI=1S/C13H25NO2/c1-11(2)13(9-14-5-7-15-3)8-12-4-6-16-10-12/h8,11-12,14H,4-7,9-10H2,1-3H3. The fraction of sp³-hybridized carbons (Fsp3) is 0.846. The van der Waals surface area contributed by atoms with Crippen LogP contribution in [0, 0.1) is 11.8 Å². The molecule has 0 amide bonds. The summed E-state index contributed by atoms with van der Waals surface area (Å²) in [6.07, 6.45) is 3.58. The highest BCUT2D eigenvalue weighted by Gasteiger charge is 2.14. The summed E-state index contributed by atoms with van der Waals surface area (Å²) in [5, 5.41) is 3.41. The van der Waals surface area contributed by atoms with Gasteiger partial charge in [-0.2, -0.15) is 0 Å². The van der Waals surface area contributed by atoms with Crippen LogP contribution in [0.2, 0.25) is 0 Å². The Hall–Kier alpha value is -0.380. The van der Waals surface area contributed by atoms with Crippen LogP contribution in [0.5, 0.6) is 0 Å². The first-order valence-corrected chi connectivity index (χ1v) is 6.22. The number of nitrogens with one attached hydrogen (secondary N) is 1. The van der Waals surface area contributed by atoms with Gasteiger partial charge in [0.25, 0.3) is 0 Å². The van der Waals surface area contributed by atoms with Crippen molar-refractivity contribution in [3.8, 4) is 0 Å². The van der Waals surface area contributed by atoms with E-state index in [0.717, 1.165) is 32.9 Å². The van der Waals surface area contributed by atoms with Gasteiger partial charge in [-0.05, 0) is 12.3 Å². The fourth-order valence-electron chi connectivity index (χ4n) is 1.85. The molecule has 0 spiro atoms. The van der Waals surface area contributed by atoms with Gasteiger partial charge < -0.3 is 14.8 Å². The van der Waals surface area contributed by atoms with Crippen molar-refractivity contribution in [1.82, 2.24) is 5.32 Å². The molecule has 1 rings (SSSR count). The van der Waals surface area contributed by atoms with Crippen LogP contribution in [0.15, 0.2) is 11.6 Å². The second-order valence-corrected chi connectivity index (χ2v) is 4.69. The van der Waals surface area contributed by atoms with Crippen LogP contribution in [0.1, 0.15) is 20.3 Å². The van der Waals surface area contributed by atoms with Crippen LogP contribution in [0.3, 0.4) is 0 Å². The molecule has 16 heavy (non-hydrogen) atoms. The summed E-state index contributed by atoms with van der Waals surface area (Å²) < 4.78 is 10.4. The molecule has 3 heteroatoms. The molecule has 1 N–H and O–H groups in total. The van der Waals surface area contributed by atoms with Crippen LogP contribution < -0.4 is 5.32 Å². The van der Waals surface area contributed by atoms with E-state index in [1.807, 2.05) is 0 Å². The van der Waals surface area contributed by atoms with E-state index >= 15 is 0 Å². The molecule has 0 aromatic rings. The molecule has 0 aliphatic carbocycles. The molecule has 94 valence electrons. The average molecular weight is 227 g/mol. The van der Waals surface area contributed by atoms with E-state index in [9.17, 15) is 0 Å². The van der Waals surface area contributed by atoms with Crippen LogP contribution in [-0.4, -0.2) is 40.0 Å². The van der Waals surface area contributed by atoms with Crippen molar-refractivity contribution < 1.29 is 9.47 Å². The predicted molar refractivity (Wildman–Crippen MR) is 66.6 cm³/mol. The van der Waals surface area contributed by atoms with Crippen molar-refractivity contribution in [2.75, 3.05) is 40.0 Å². The van der Waals surface area contributed by atoms with Crippen molar-refractivity contribution in [3.63, 3.8) is 0 Å². The van der Waals surface area contributed by atoms with Crippen molar-refractivity contribution in [2.45, 2.75) is 20.3 Å². The van der Waals surface area contributed by atoms with Crippen molar-refractivity contribution in [2.24, 2.45) is 11.8 Å². The van der Waals surface area contributed by atoms with Crippen LogP contribution in [0.4, 0.5) is 0 Å². The molecule has 1 saturated heterocycles. The minimum absolute atomic E-state index is 0.607. The van der Waals surface area contributed by atoms with Gasteiger partial charge >= 0.3 is 0 Å². The summed E-state index contributed by atoms with van der Waals surface area (Å²) in [5.41, 5.74) is 1.49. The van der Waals surface area contributed by atoms with E-state index in [2.05, 4.69) is 25.2 Å². The molecule has 1 aliphatic heterocycles. The zero-order valence-electron chi connectivity index (χ0n) is 10.8. The highest BCUT2D eigenvalue weighted by molar-refractivity contribution is 5.09. The maximum absolute atomic E-state index is 5.40. The van der Waals surface area contributed by atoms with Crippen molar-refractivity contribution in [1.29, 1.82) is 0 Å². The van der Waals surface area contributed by atoms with E-state index in [0.29, 0.717) is 11.8 Å². The summed E-state index contributed by atoms with van der Waals surface area (Å²) in [6.45, 7) is 8.98. The number of hydrogen-bond donors (Lipinski definition) is 1. The molecule has 0 aromatic heterocycles. The minimum atomic E-state index is 0.607. The van der Waals surface area contributed by atoms with E-state index < -0.39 is 0 Å². The summed E-state index contributed by atoms with van der Waals surface area (Å²) >= 11 is 0. The maximum atomic E-state index is 5.40. The number of methoxy groups -OCH3 is 1. The quantitative estimate of drug-likeness (QED) is 0.532. The average Bonchev–Trinajstić information content (AvgIpc) is 2.75. The molecule has 0 radical (unpaired) electrons. The Morgan fingerprint density at radius 3 is 2.94 bits per heavy atom. The van der Waals surface area contributed by atoms with Crippen molar-refractivity contribution in [3.05, 3.63) is 11.6 Å². The molecule has 1 aliphatic rings. The summed E-state index contributed by atoms with van der Waals surface area (Å²) in [4.78, 5) is 0. The molecule has 0 bridgehead atoms. The Morgan fingerprint density at radius 1 is 1.56 bits per heavy atom. The third-order valence-electron chi connectivity index (χ3n) is 2.97. The summed E-state index contributed by atoms with van der Waals surface area (Å²) in [6, 6.07) is 0. The lowest BCUT2D eigenvalue weighted by atomic mass is 9.97. The largest absolute Gasteiger partial charge is 0.383 e. The van der Waals surface area contributed by atoms with Crippen LogP contribution in [-0.2, 0) is 9.47 Å². The lowest BCUT2D eigenvalue weighted by Crippen LogP contribution is -2.23. The molecule has 3 nitrogen and oxygen atoms in total. The first-order chi connectivity index (χ1) is 7.74. The number of ether oxygens (including phenoxy) is 2. The highest BCUT2D eigenvalue weighted by Crippen LogP contribution is 2.19. The highest BCUT2D eigenvalue weighted by atomic mass is 16.5. The normalized spacial score (nSPS) is 22.0. The molecule has 1 unspecified atom stereocenters. The predicted octanol–water partition coefficient (Wildman–Crippen LogP) is 1.84. The SMILES string of the molecule is COCCNCC(=CC1CCOC1)C(C)C. The molecule has 0 saturated carbocycles. The summed E-state index contributed by atoms with van der Waals surface area (Å²) in [7, 11) is 1.73. The van der Waals surface area contributed by atoms with E-state index in [-0.39, 0.29) is 0 Å². The van der Waals surface area contributed by atoms with Gasteiger partial charge in [0.05, 0.1) is 13.2 Å². The molecular formula is C13H25NO2. The Kier molecular flexibility index (Phi) is 6.69. The minimum Gasteiger partial charge on any atom is -0.383 e. The van der Waals surface area contributed by atoms with Gasteiger partial charge in [0.1, 0.15) is 0 Å². The third-order valence-corrected chi connectivity index (χ3v) is 2.97. The Balaban J connectivity index is 2.34. The second kappa shape index (κ2) is 7.82. The van der Waals surface area contributed by atoms with Gasteiger partial charge in [-0.3, -0.25) is 0 Å². The molecular weight excluding hydrogens is 202 g/mol. The van der Waals surface area contributed by atoms with Gasteiger partial charge in [0.15, 0.2) is 0 Å². The first-order valence-electron chi connectivity index (χ1n) is 6.22. The smallest absolute Gasteiger partial charge is 0.0587 e. The molecule has 1 atom stereocenters. The van der Waals surface area contributed by atoms with E-state index in [1.165, 1.54) is 12.0 Å². The second-order valence-electron chi connectivity index (χ2n) is 4.69. The van der Waals surface area contributed by atoms with Gasteiger partial charge in [0.2, 0.25) is 0 Å². The number of rotatable bonds is 7. The maximum Gasteiger partial charge on any atom is 0.0587 e. The Bertz CT molecular complexity index is 208. The van der Waals surface area contributed by atoms with Crippen LogP contribution in [0.25, 0.3) is 0 Å². The third kappa shape index (κ3) is 5.10. The lowest BCUT2D eigenvalue weighted by Gasteiger charge is -2.14. The Labute approximate surface area is 99.2 Å². The van der Waals surface area contributed by atoms with Crippen LogP contribution >= 0.6 is 0 Å². The zero-order valence-corrected chi connectivity index (χ0v) is 10.8. The first kappa shape index (κ1) is 13.7. The van der Waals surface area contributed by atoms with E-state index in [1.54, 1.807) is 7.11 Å². The molecule has 0 aromatic carbocycles. The fourth-order valence-corrected chi connectivity index (χ4v) is 1.85. The Morgan fingerprint density at radius 2 is 2.38 bits per heavy atom. The lowest BCUT2D eigenvalue weighted by molar-refractivity contribution is 0.191. The van der Waals surface area contributed by atoms with Gasteiger partial charge in [0, 0.05) is 32.7 Å². The van der Waals surface area contributed by atoms with Crippen molar-refractivity contribution >= 4 is 0 Å². The van der Waals surface area contributed by atoms with Gasteiger partial charge in [-0.1, -0.05) is 25.5 Å². The molecule has 1 heterocycles.